The van der Waals surface area contributed by atoms with Crippen LogP contribution in [0.4, 0.5) is 0 Å². The lowest BCUT2D eigenvalue weighted by molar-refractivity contribution is -0.144. The van der Waals surface area contributed by atoms with Gasteiger partial charge in [0.15, 0.2) is 0 Å². The molecule has 1 N–H and O–H groups in total. The molecule has 2 aromatic carbocycles. The van der Waals surface area contributed by atoms with Gasteiger partial charge in [-0.1, -0.05) is 43.2 Å². The molecule has 1 fully saturated rings. The monoisotopic (exact) mass is 403 g/mol. The first kappa shape index (κ1) is 20.4. The Labute approximate surface area is 165 Å². The number of hydrogen-bond donors (Lipinski definition) is 1. The highest BCUT2D eigenvalue weighted by molar-refractivity contribution is 7.89. The Hall–Kier alpha value is -2.38. The van der Waals surface area contributed by atoms with Crippen molar-refractivity contribution in [2.45, 2.75) is 43.2 Å². The van der Waals surface area contributed by atoms with E-state index in [0.717, 1.165) is 18.4 Å². The zero-order valence-electron chi connectivity index (χ0n) is 15.8. The number of carboxylic acids is 1. The van der Waals surface area contributed by atoms with Crippen LogP contribution in [-0.4, -0.2) is 37.0 Å². The van der Waals surface area contributed by atoms with E-state index in [-0.39, 0.29) is 11.4 Å². The van der Waals surface area contributed by atoms with Crippen LogP contribution in [0.3, 0.4) is 0 Å². The standard InChI is InChI=1S/C21H25NO5S/c1-27-17-11-13-18(14-12-17)28(25,26)22(15-16-7-3-2-4-8-16)20-10-6-5-9-19(20)21(23)24/h2-4,7-8,11-14,19-20H,5-6,9-10,15H2,1H3,(H,23,24). The second kappa shape index (κ2) is 8.75. The highest BCUT2D eigenvalue weighted by Crippen LogP contribution is 2.34. The topological polar surface area (TPSA) is 83.9 Å². The quantitative estimate of drug-likeness (QED) is 0.765. The van der Waals surface area contributed by atoms with Gasteiger partial charge in [-0.3, -0.25) is 4.79 Å². The molecule has 2 unspecified atom stereocenters. The fourth-order valence-corrected chi connectivity index (χ4v) is 5.45. The number of carbonyl (C=O) groups is 1. The molecule has 1 aliphatic rings. The lowest BCUT2D eigenvalue weighted by atomic mass is 9.84. The van der Waals surface area contributed by atoms with E-state index in [2.05, 4.69) is 0 Å². The molecule has 3 rings (SSSR count). The van der Waals surface area contributed by atoms with Crippen molar-refractivity contribution in [2.75, 3.05) is 7.11 Å². The van der Waals surface area contributed by atoms with E-state index < -0.39 is 28.0 Å². The summed E-state index contributed by atoms with van der Waals surface area (Å²) in [6.07, 6.45) is 2.65. The minimum atomic E-state index is -3.88. The third-order valence-corrected chi connectivity index (χ3v) is 7.15. The number of sulfonamides is 1. The van der Waals surface area contributed by atoms with Crippen molar-refractivity contribution < 1.29 is 23.1 Å². The molecule has 2 aromatic rings. The van der Waals surface area contributed by atoms with Crippen LogP contribution in [0, 0.1) is 5.92 Å². The predicted octanol–water partition coefficient (Wildman–Crippen LogP) is 3.53. The highest BCUT2D eigenvalue weighted by Gasteiger charge is 2.40. The molecule has 2 atom stereocenters. The van der Waals surface area contributed by atoms with Crippen LogP contribution in [0.5, 0.6) is 5.75 Å². The van der Waals surface area contributed by atoms with Crippen molar-refractivity contribution in [3.05, 3.63) is 60.2 Å². The van der Waals surface area contributed by atoms with Crippen LogP contribution in [0.2, 0.25) is 0 Å². The van der Waals surface area contributed by atoms with Crippen molar-refractivity contribution in [1.29, 1.82) is 0 Å². The van der Waals surface area contributed by atoms with Gasteiger partial charge in [0.05, 0.1) is 17.9 Å². The van der Waals surface area contributed by atoms with E-state index in [1.165, 1.54) is 23.5 Å². The average molecular weight is 404 g/mol. The number of ether oxygens (including phenoxy) is 1. The number of rotatable bonds is 7. The summed E-state index contributed by atoms with van der Waals surface area (Å²) in [6, 6.07) is 14.9. The average Bonchev–Trinajstić information content (AvgIpc) is 2.72. The molecule has 0 radical (unpaired) electrons. The smallest absolute Gasteiger partial charge is 0.308 e. The Morgan fingerprint density at radius 1 is 1.07 bits per heavy atom. The Bertz CT molecular complexity index is 896. The van der Waals surface area contributed by atoms with Crippen molar-refractivity contribution in [1.82, 2.24) is 4.31 Å². The summed E-state index contributed by atoms with van der Waals surface area (Å²) in [6.45, 7) is 0.143. The van der Waals surface area contributed by atoms with E-state index in [4.69, 9.17) is 4.74 Å². The van der Waals surface area contributed by atoms with Crippen molar-refractivity contribution in [3.63, 3.8) is 0 Å². The summed E-state index contributed by atoms with van der Waals surface area (Å²) in [5.41, 5.74) is 0.828. The van der Waals surface area contributed by atoms with Crippen molar-refractivity contribution in [3.8, 4) is 5.75 Å². The minimum absolute atomic E-state index is 0.138. The summed E-state index contributed by atoms with van der Waals surface area (Å²) in [5.74, 6) is -1.08. The molecule has 0 aliphatic heterocycles. The van der Waals surface area contributed by atoms with Gasteiger partial charge in [0.2, 0.25) is 10.0 Å². The van der Waals surface area contributed by atoms with E-state index in [9.17, 15) is 18.3 Å². The molecule has 6 nitrogen and oxygen atoms in total. The Morgan fingerprint density at radius 2 is 1.71 bits per heavy atom. The summed E-state index contributed by atoms with van der Waals surface area (Å²) in [4.78, 5) is 12.0. The van der Waals surface area contributed by atoms with Crippen molar-refractivity contribution >= 4 is 16.0 Å². The first-order valence-electron chi connectivity index (χ1n) is 9.36. The van der Waals surface area contributed by atoms with Gasteiger partial charge >= 0.3 is 5.97 Å². The van der Waals surface area contributed by atoms with Gasteiger partial charge in [0, 0.05) is 12.6 Å². The SMILES string of the molecule is COc1ccc(S(=O)(=O)N(Cc2ccccc2)C2CCCCC2C(=O)O)cc1. The lowest BCUT2D eigenvalue weighted by Gasteiger charge is -2.37. The summed E-state index contributed by atoms with van der Waals surface area (Å²) in [5, 5.41) is 9.69. The third kappa shape index (κ3) is 4.36. The van der Waals surface area contributed by atoms with Crippen LogP contribution in [0.15, 0.2) is 59.5 Å². The first-order chi connectivity index (χ1) is 13.4. The number of benzene rings is 2. The van der Waals surface area contributed by atoms with Gasteiger partial charge < -0.3 is 9.84 Å². The fraction of sp³-hybridized carbons (Fsp3) is 0.381. The maximum absolute atomic E-state index is 13.5. The van der Waals surface area contributed by atoms with Crippen LogP contribution >= 0.6 is 0 Å². The number of hydrogen-bond acceptors (Lipinski definition) is 4. The number of carboxylic acid groups (broad SMARTS) is 1. The van der Waals surface area contributed by atoms with E-state index in [1.807, 2.05) is 30.3 Å². The number of aliphatic carboxylic acids is 1. The van der Waals surface area contributed by atoms with E-state index in [0.29, 0.717) is 18.6 Å². The molecule has 1 aliphatic carbocycles. The second-order valence-corrected chi connectivity index (χ2v) is 8.90. The molecule has 28 heavy (non-hydrogen) atoms. The van der Waals surface area contributed by atoms with Gasteiger partial charge in [0.1, 0.15) is 5.75 Å². The normalized spacial score (nSPS) is 20.1. The van der Waals surface area contributed by atoms with Crippen LogP contribution < -0.4 is 4.74 Å². The summed E-state index contributed by atoms with van der Waals surface area (Å²) in [7, 11) is -2.36. The zero-order valence-corrected chi connectivity index (χ0v) is 16.6. The van der Waals surface area contributed by atoms with Gasteiger partial charge in [-0.25, -0.2) is 8.42 Å². The molecular formula is C21H25NO5S. The van der Waals surface area contributed by atoms with Crippen LogP contribution in [-0.2, 0) is 21.4 Å². The largest absolute Gasteiger partial charge is 0.497 e. The van der Waals surface area contributed by atoms with Crippen LogP contribution in [0.1, 0.15) is 31.2 Å². The molecular weight excluding hydrogens is 378 g/mol. The Balaban J connectivity index is 2.02. The van der Waals surface area contributed by atoms with Crippen molar-refractivity contribution in [2.24, 2.45) is 5.92 Å². The molecule has 0 amide bonds. The molecule has 150 valence electrons. The molecule has 0 aromatic heterocycles. The van der Waals surface area contributed by atoms with Gasteiger partial charge in [-0.15, -0.1) is 0 Å². The predicted molar refractivity (Wildman–Crippen MR) is 106 cm³/mol. The highest BCUT2D eigenvalue weighted by atomic mass is 32.2. The third-order valence-electron chi connectivity index (χ3n) is 5.26. The van der Waals surface area contributed by atoms with Gasteiger partial charge in [-0.2, -0.15) is 4.31 Å². The number of nitrogens with zero attached hydrogens (tertiary/aromatic N) is 1. The molecule has 0 heterocycles. The van der Waals surface area contributed by atoms with E-state index >= 15 is 0 Å². The Morgan fingerprint density at radius 3 is 2.32 bits per heavy atom. The zero-order chi connectivity index (χ0) is 20.1. The Kier molecular flexibility index (Phi) is 6.36. The molecule has 0 spiro atoms. The molecule has 0 saturated heterocycles. The minimum Gasteiger partial charge on any atom is -0.497 e. The molecule has 0 bridgehead atoms. The fourth-order valence-electron chi connectivity index (χ4n) is 3.77. The van der Waals surface area contributed by atoms with E-state index in [1.54, 1.807) is 12.1 Å². The summed E-state index contributed by atoms with van der Waals surface area (Å²) < 4.78 is 33.5. The molecule has 7 heteroatoms. The number of methoxy groups -OCH3 is 1. The molecule has 1 saturated carbocycles. The van der Waals surface area contributed by atoms with Gasteiger partial charge in [-0.05, 0) is 42.7 Å². The summed E-state index contributed by atoms with van der Waals surface area (Å²) >= 11 is 0. The maximum atomic E-state index is 13.5. The van der Waals surface area contributed by atoms with Gasteiger partial charge in [0.25, 0.3) is 0 Å². The lowest BCUT2D eigenvalue weighted by Crippen LogP contribution is -2.47. The maximum Gasteiger partial charge on any atom is 0.308 e. The second-order valence-electron chi connectivity index (χ2n) is 7.01. The first-order valence-corrected chi connectivity index (χ1v) is 10.8. The van der Waals surface area contributed by atoms with Crippen LogP contribution in [0.25, 0.3) is 0 Å².